The summed E-state index contributed by atoms with van der Waals surface area (Å²) < 4.78 is 16.7. The molecule has 3 heterocycles. The van der Waals surface area contributed by atoms with Gasteiger partial charge in [-0.3, -0.25) is 19.3 Å². The normalized spacial score (nSPS) is 15.4. The van der Waals surface area contributed by atoms with E-state index in [2.05, 4.69) is 4.90 Å². The maximum absolute atomic E-state index is 13.3. The molecule has 1 amide bonds. The lowest BCUT2D eigenvalue weighted by molar-refractivity contribution is -0.118. The van der Waals surface area contributed by atoms with Crippen molar-refractivity contribution in [1.82, 2.24) is 4.90 Å². The van der Waals surface area contributed by atoms with Crippen LogP contribution in [0.2, 0.25) is 0 Å². The van der Waals surface area contributed by atoms with E-state index in [9.17, 15) is 19.5 Å². The fourth-order valence-electron chi connectivity index (χ4n) is 4.24. The second-order valence-electron chi connectivity index (χ2n) is 8.23. The first-order valence-electron chi connectivity index (χ1n) is 10.8. The number of nitrogens with zero attached hydrogens (tertiary/aromatic N) is 1. The average Bonchev–Trinajstić information content (AvgIpc) is 2.81. The number of fused-ring (bicyclic) bond motifs is 1. The van der Waals surface area contributed by atoms with Gasteiger partial charge in [-0.1, -0.05) is 6.42 Å². The summed E-state index contributed by atoms with van der Waals surface area (Å²) >= 11 is 0. The number of aromatic hydroxyl groups is 1. The Kier molecular flexibility index (Phi) is 6.50. The van der Waals surface area contributed by atoms with E-state index < -0.39 is 28.4 Å². The van der Waals surface area contributed by atoms with E-state index in [1.54, 1.807) is 12.1 Å². The Morgan fingerprint density at radius 2 is 1.97 bits per heavy atom. The monoisotopic (exact) mass is 454 g/mol. The third-order valence-electron chi connectivity index (χ3n) is 5.93. The van der Waals surface area contributed by atoms with E-state index in [0.29, 0.717) is 23.6 Å². The minimum atomic E-state index is -1.09. The summed E-state index contributed by atoms with van der Waals surface area (Å²) in [4.78, 5) is 39.9. The standard InChI is InChI=1S/C24H26N2O7/c1-31-14-5-6-20-17(9-14)22(29)18(13-32-20)16(11-21(25)28)24-23(30)19(27)10-15(33-24)12-26-7-3-2-4-8-26/h5-6,9-10,13,16,30H,2-4,7-8,11-12H2,1H3,(H2,25,28)/t16-/m0/s1. The summed E-state index contributed by atoms with van der Waals surface area (Å²) in [6.07, 6.45) is 4.12. The van der Waals surface area contributed by atoms with Crippen molar-refractivity contribution in [2.24, 2.45) is 5.73 Å². The molecule has 1 aliphatic rings. The Labute approximate surface area is 189 Å². The average molecular weight is 454 g/mol. The lowest BCUT2D eigenvalue weighted by Crippen LogP contribution is -2.29. The molecule has 9 heteroatoms. The zero-order chi connectivity index (χ0) is 23.5. The highest BCUT2D eigenvalue weighted by Gasteiger charge is 2.29. The molecule has 0 aliphatic carbocycles. The Morgan fingerprint density at radius 3 is 2.67 bits per heavy atom. The van der Waals surface area contributed by atoms with Crippen molar-refractivity contribution >= 4 is 16.9 Å². The fourth-order valence-corrected chi connectivity index (χ4v) is 4.24. The summed E-state index contributed by atoms with van der Waals surface area (Å²) in [5.41, 5.74) is 4.73. The molecule has 1 saturated heterocycles. The van der Waals surface area contributed by atoms with E-state index in [1.165, 1.54) is 25.5 Å². The van der Waals surface area contributed by atoms with Gasteiger partial charge in [0.1, 0.15) is 17.1 Å². The van der Waals surface area contributed by atoms with Gasteiger partial charge in [-0.15, -0.1) is 0 Å². The molecule has 0 radical (unpaired) electrons. The Balaban J connectivity index is 1.82. The molecule has 3 aromatic rings. The number of carbonyl (C=O) groups excluding carboxylic acids is 1. The van der Waals surface area contributed by atoms with Gasteiger partial charge in [0.15, 0.2) is 11.2 Å². The molecule has 0 bridgehead atoms. The number of primary amides is 1. The van der Waals surface area contributed by atoms with Gasteiger partial charge in [-0.05, 0) is 44.1 Å². The first-order chi connectivity index (χ1) is 15.9. The molecule has 0 saturated carbocycles. The zero-order valence-corrected chi connectivity index (χ0v) is 18.3. The number of hydrogen-bond donors (Lipinski definition) is 2. The Hall–Kier alpha value is -3.59. The Morgan fingerprint density at radius 1 is 1.21 bits per heavy atom. The second kappa shape index (κ2) is 9.50. The maximum Gasteiger partial charge on any atom is 0.227 e. The van der Waals surface area contributed by atoms with Crippen LogP contribution in [0.4, 0.5) is 0 Å². The number of piperidine rings is 1. The molecule has 0 spiro atoms. The molecule has 1 fully saturated rings. The van der Waals surface area contributed by atoms with E-state index in [4.69, 9.17) is 19.3 Å². The minimum absolute atomic E-state index is 0.0446. The Bertz CT molecular complexity index is 1290. The van der Waals surface area contributed by atoms with Gasteiger partial charge in [0, 0.05) is 18.1 Å². The van der Waals surface area contributed by atoms with Crippen molar-refractivity contribution in [3.8, 4) is 11.5 Å². The van der Waals surface area contributed by atoms with Crippen molar-refractivity contribution in [3.05, 3.63) is 68.1 Å². The number of methoxy groups -OCH3 is 1. The van der Waals surface area contributed by atoms with Crippen LogP contribution < -0.4 is 21.3 Å². The van der Waals surface area contributed by atoms with Crippen LogP contribution in [0, 0.1) is 0 Å². The van der Waals surface area contributed by atoms with Crippen molar-refractivity contribution < 1.29 is 23.5 Å². The predicted molar refractivity (Wildman–Crippen MR) is 120 cm³/mol. The van der Waals surface area contributed by atoms with E-state index >= 15 is 0 Å². The van der Waals surface area contributed by atoms with Crippen LogP contribution in [0.15, 0.2) is 49.0 Å². The summed E-state index contributed by atoms with van der Waals surface area (Å²) in [5.74, 6) is -1.86. The minimum Gasteiger partial charge on any atom is -0.502 e. The van der Waals surface area contributed by atoms with Crippen LogP contribution >= 0.6 is 0 Å². The van der Waals surface area contributed by atoms with Gasteiger partial charge in [0.25, 0.3) is 0 Å². The van der Waals surface area contributed by atoms with Crippen molar-refractivity contribution in [1.29, 1.82) is 0 Å². The smallest absolute Gasteiger partial charge is 0.227 e. The number of likely N-dealkylation sites (tertiary alicyclic amines) is 1. The molecule has 0 unspecified atom stereocenters. The van der Waals surface area contributed by atoms with Crippen LogP contribution in [0.25, 0.3) is 11.0 Å². The van der Waals surface area contributed by atoms with Crippen molar-refractivity contribution in [2.75, 3.05) is 20.2 Å². The molecule has 1 aliphatic heterocycles. The maximum atomic E-state index is 13.3. The molecule has 3 N–H and O–H groups in total. The van der Waals surface area contributed by atoms with Crippen LogP contribution in [0.1, 0.15) is 48.7 Å². The molecular weight excluding hydrogens is 428 g/mol. The summed E-state index contributed by atoms with van der Waals surface area (Å²) in [6, 6.07) is 6.01. The number of carbonyl (C=O) groups is 1. The number of ether oxygens (including phenoxy) is 1. The fraction of sp³-hybridized carbons (Fsp3) is 0.375. The third kappa shape index (κ3) is 4.78. The SMILES string of the molecule is COc1ccc2occ([C@H](CC(N)=O)c3oc(CN4CCCCC4)cc(=O)c3O)c(=O)c2c1. The number of hydrogen-bond acceptors (Lipinski definition) is 8. The number of nitrogens with two attached hydrogens (primary N) is 1. The van der Waals surface area contributed by atoms with Crippen LogP contribution in [0.3, 0.4) is 0 Å². The molecule has 2 aromatic heterocycles. The number of rotatable bonds is 7. The summed E-state index contributed by atoms with van der Waals surface area (Å²) in [5, 5.41) is 10.8. The van der Waals surface area contributed by atoms with Gasteiger partial charge >= 0.3 is 0 Å². The van der Waals surface area contributed by atoms with Crippen LogP contribution in [-0.2, 0) is 11.3 Å². The number of benzene rings is 1. The topological polar surface area (TPSA) is 136 Å². The van der Waals surface area contributed by atoms with Gasteiger partial charge in [0.2, 0.25) is 17.1 Å². The molecule has 33 heavy (non-hydrogen) atoms. The lowest BCUT2D eigenvalue weighted by Gasteiger charge is -2.26. The lowest BCUT2D eigenvalue weighted by atomic mass is 9.92. The first-order valence-corrected chi connectivity index (χ1v) is 10.8. The molecule has 174 valence electrons. The zero-order valence-electron chi connectivity index (χ0n) is 18.3. The van der Waals surface area contributed by atoms with Gasteiger partial charge in [-0.25, -0.2) is 0 Å². The van der Waals surface area contributed by atoms with Crippen molar-refractivity contribution in [2.45, 2.75) is 38.1 Å². The van der Waals surface area contributed by atoms with Gasteiger partial charge in [0.05, 0.1) is 31.2 Å². The quantitative estimate of drug-likeness (QED) is 0.556. The predicted octanol–water partition coefficient (Wildman–Crippen LogP) is 2.45. The molecule has 1 aromatic carbocycles. The summed E-state index contributed by atoms with van der Waals surface area (Å²) in [7, 11) is 1.48. The molecule has 4 rings (SSSR count). The third-order valence-corrected chi connectivity index (χ3v) is 5.93. The second-order valence-corrected chi connectivity index (χ2v) is 8.23. The van der Waals surface area contributed by atoms with Crippen LogP contribution in [-0.4, -0.2) is 36.1 Å². The van der Waals surface area contributed by atoms with Crippen LogP contribution in [0.5, 0.6) is 11.5 Å². The highest BCUT2D eigenvalue weighted by atomic mass is 16.5. The number of amides is 1. The van der Waals surface area contributed by atoms with Crippen molar-refractivity contribution in [3.63, 3.8) is 0 Å². The molecular formula is C24H26N2O7. The molecule has 1 atom stereocenters. The largest absolute Gasteiger partial charge is 0.502 e. The van der Waals surface area contributed by atoms with E-state index in [-0.39, 0.29) is 23.1 Å². The summed E-state index contributed by atoms with van der Waals surface area (Å²) in [6.45, 7) is 2.14. The van der Waals surface area contributed by atoms with Gasteiger partial charge < -0.3 is 24.4 Å². The highest BCUT2D eigenvalue weighted by molar-refractivity contribution is 5.80. The first kappa shape index (κ1) is 22.6. The molecule has 9 nitrogen and oxygen atoms in total. The highest BCUT2D eigenvalue weighted by Crippen LogP contribution is 2.33. The van der Waals surface area contributed by atoms with E-state index in [1.807, 2.05) is 0 Å². The van der Waals surface area contributed by atoms with Gasteiger partial charge in [-0.2, -0.15) is 0 Å². The van der Waals surface area contributed by atoms with E-state index in [0.717, 1.165) is 32.4 Å².